The minimum atomic E-state index is -0.185. The monoisotopic (exact) mass is 585 g/mol. The molecule has 208 valence electrons. The Morgan fingerprint density at radius 2 is 1.77 bits per heavy atom. The lowest BCUT2D eigenvalue weighted by molar-refractivity contribution is 0.0840. The van der Waals surface area contributed by atoms with Crippen LogP contribution in [0.2, 0.25) is 15.1 Å². The van der Waals surface area contributed by atoms with Crippen LogP contribution in [0.3, 0.4) is 0 Å². The van der Waals surface area contributed by atoms with Crippen LogP contribution in [0.1, 0.15) is 88.1 Å². The molecule has 4 nitrogen and oxygen atoms in total. The zero-order valence-electron chi connectivity index (χ0n) is 23.8. The van der Waals surface area contributed by atoms with Crippen molar-refractivity contribution in [2.75, 3.05) is 0 Å². The van der Waals surface area contributed by atoms with E-state index in [0.717, 1.165) is 22.4 Å². The van der Waals surface area contributed by atoms with Crippen LogP contribution in [0.25, 0.3) is 17.3 Å². The topological polar surface area (TPSA) is 46.9 Å². The number of nitrogens with zero attached hydrogens (tertiary/aromatic N) is 2. The fraction of sp³-hybridized carbons (Fsp3) is 0.438. The van der Waals surface area contributed by atoms with Crippen molar-refractivity contribution in [1.29, 1.82) is 0 Å². The summed E-state index contributed by atoms with van der Waals surface area (Å²) in [5, 5.41) is 9.77. The van der Waals surface area contributed by atoms with Gasteiger partial charge in [-0.25, -0.2) is 4.68 Å². The molecule has 0 bridgehead atoms. The number of allylic oxidation sites excluding steroid dienone is 1. The van der Waals surface area contributed by atoms with Crippen molar-refractivity contribution in [3.05, 3.63) is 80.0 Å². The summed E-state index contributed by atoms with van der Waals surface area (Å²) in [7, 11) is 0. The normalized spacial score (nSPS) is 18.3. The molecule has 7 heteroatoms. The molecule has 3 aromatic rings. The van der Waals surface area contributed by atoms with Crippen LogP contribution in [0.5, 0.6) is 0 Å². The average Bonchev–Trinajstić information content (AvgIpc) is 3.40. The Morgan fingerprint density at radius 1 is 1.13 bits per heavy atom. The zero-order chi connectivity index (χ0) is 28.7. The van der Waals surface area contributed by atoms with Crippen LogP contribution >= 0.6 is 34.8 Å². The van der Waals surface area contributed by atoms with Gasteiger partial charge in [0.05, 0.1) is 16.4 Å². The van der Waals surface area contributed by atoms with Crippen molar-refractivity contribution in [3.8, 4) is 5.69 Å². The van der Waals surface area contributed by atoms with E-state index >= 15 is 0 Å². The van der Waals surface area contributed by atoms with Gasteiger partial charge in [-0.05, 0) is 104 Å². The number of hydrogen-bond acceptors (Lipinski definition) is 2. The lowest BCUT2D eigenvalue weighted by Crippen LogP contribution is -2.46. The van der Waals surface area contributed by atoms with Crippen molar-refractivity contribution >= 4 is 52.4 Å². The van der Waals surface area contributed by atoms with Crippen LogP contribution in [-0.2, 0) is 0 Å². The summed E-state index contributed by atoms with van der Waals surface area (Å²) in [6.45, 7) is 15.3. The molecule has 4 rings (SSSR count). The third-order valence-electron chi connectivity index (χ3n) is 8.59. The third-order valence-corrected chi connectivity index (χ3v) is 9.38. The Morgan fingerprint density at radius 3 is 2.36 bits per heavy atom. The Bertz CT molecular complexity index is 1400. The van der Waals surface area contributed by atoms with Crippen molar-refractivity contribution in [3.63, 3.8) is 0 Å². The molecule has 1 saturated carbocycles. The minimum absolute atomic E-state index is 0.0262. The number of benzene rings is 2. The molecule has 2 aromatic carbocycles. The highest BCUT2D eigenvalue weighted by atomic mass is 35.5. The lowest BCUT2D eigenvalue weighted by atomic mass is 9.71. The lowest BCUT2D eigenvalue weighted by Gasteiger charge is -2.38. The molecule has 0 radical (unpaired) electrons. The predicted molar refractivity (Wildman–Crippen MR) is 165 cm³/mol. The summed E-state index contributed by atoms with van der Waals surface area (Å²) in [5.41, 5.74) is 4.87. The molecule has 1 fully saturated rings. The summed E-state index contributed by atoms with van der Waals surface area (Å²) < 4.78 is 1.75. The van der Waals surface area contributed by atoms with Gasteiger partial charge in [0, 0.05) is 21.7 Å². The molecule has 1 amide bonds. The smallest absolute Gasteiger partial charge is 0.272 e. The average molecular weight is 587 g/mol. The second-order valence-electron chi connectivity index (χ2n) is 12.3. The van der Waals surface area contributed by atoms with E-state index in [-0.39, 0.29) is 17.4 Å². The molecule has 1 heterocycles. The zero-order valence-corrected chi connectivity index (χ0v) is 26.1. The molecule has 1 aromatic heterocycles. The first-order valence-electron chi connectivity index (χ1n) is 13.5. The first-order valence-corrected chi connectivity index (χ1v) is 14.6. The van der Waals surface area contributed by atoms with E-state index in [1.807, 2.05) is 44.2 Å². The van der Waals surface area contributed by atoms with E-state index in [4.69, 9.17) is 39.9 Å². The van der Waals surface area contributed by atoms with Gasteiger partial charge in [-0.3, -0.25) is 4.79 Å². The van der Waals surface area contributed by atoms with Gasteiger partial charge in [0.25, 0.3) is 5.91 Å². The number of nitrogens with one attached hydrogen (secondary N) is 1. The summed E-state index contributed by atoms with van der Waals surface area (Å²) >= 11 is 18.9. The van der Waals surface area contributed by atoms with Crippen molar-refractivity contribution in [2.24, 2.45) is 16.7 Å². The van der Waals surface area contributed by atoms with Crippen LogP contribution in [0.4, 0.5) is 0 Å². The molecule has 1 N–H and O–H groups in total. The van der Waals surface area contributed by atoms with Gasteiger partial charge in [0.2, 0.25) is 0 Å². The number of halogens is 3. The number of amides is 1. The third kappa shape index (κ3) is 6.39. The highest BCUT2D eigenvalue weighted by Gasteiger charge is 2.43. The summed E-state index contributed by atoms with van der Waals surface area (Å²) in [6, 6.07) is 12.9. The molecule has 1 aliphatic rings. The van der Waals surface area contributed by atoms with Gasteiger partial charge in [0.1, 0.15) is 0 Å². The second kappa shape index (κ2) is 11.3. The van der Waals surface area contributed by atoms with Gasteiger partial charge in [0.15, 0.2) is 5.69 Å². The Labute approximate surface area is 247 Å². The molecule has 1 aliphatic carbocycles. The molecule has 2 atom stereocenters. The van der Waals surface area contributed by atoms with Gasteiger partial charge >= 0.3 is 0 Å². The fourth-order valence-corrected chi connectivity index (χ4v) is 6.37. The van der Waals surface area contributed by atoms with Crippen LogP contribution in [0.15, 0.2) is 42.5 Å². The number of hydrogen-bond donors (Lipinski definition) is 1. The maximum Gasteiger partial charge on any atom is 0.272 e. The maximum absolute atomic E-state index is 13.7. The van der Waals surface area contributed by atoms with E-state index in [0.29, 0.717) is 37.8 Å². The van der Waals surface area contributed by atoms with Gasteiger partial charge < -0.3 is 5.32 Å². The first kappa shape index (κ1) is 29.7. The SMILES string of the molecule is C/C(=C\c1ccc(Cl)cc1)c1c(C)c(C(=O)N[C@H](C)C(C)(C)C2CCC(C)(C)C2)nn1-c1ccc(Cl)cc1Cl. The Kier molecular flexibility index (Phi) is 8.61. The van der Waals surface area contributed by atoms with Gasteiger partial charge in [-0.15, -0.1) is 0 Å². The Hall–Kier alpha value is -2.27. The largest absolute Gasteiger partial charge is 0.348 e. The molecule has 1 unspecified atom stereocenters. The second-order valence-corrected chi connectivity index (χ2v) is 13.6. The fourth-order valence-electron chi connectivity index (χ4n) is 5.75. The predicted octanol–water partition coefficient (Wildman–Crippen LogP) is 9.67. The summed E-state index contributed by atoms with van der Waals surface area (Å²) in [4.78, 5) is 13.7. The molecule has 0 spiro atoms. The molecule has 0 aliphatic heterocycles. The van der Waals surface area contributed by atoms with E-state index < -0.39 is 0 Å². The number of carbonyl (C=O) groups excluding carboxylic acids is 1. The standard InChI is InChI=1S/C32H38Cl3N3O/c1-19(16-22-8-10-24(33)11-9-22)29-20(2)28(37-38(29)27-13-12-25(34)17-26(27)35)30(39)36-21(3)32(6,7)23-14-15-31(4,5)18-23/h8-13,16-17,21,23H,14-15,18H2,1-7H3,(H,36,39)/b19-16+/t21-,23?/m1/s1. The highest BCUT2D eigenvalue weighted by molar-refractivity contribution is 6.35. The number of aromatic nitrogens is 2. The summed E-state index contributed by atoms with van der Waals surface area (Å²) in [6.07, 6.45) is 5.62. The highest BCUT2D eigenvalue weighted by Crippen LogP contribution is 2.49. The van der Waals surface area contributed by atoms with E-state index in [1.54, 1.807) is 16.8 Å². The van der Waals surface area contributed by atoms with Crippen LogP contribution in [0, 0.1) is 23.7 Å². The summed E-state index contributed by atoms with van der Waals surface area (Å²) in [5.74, 6) is 0.365. The molecular weight excluding hydrogens is 549 g/mol. The van der Waals surface area contributed by atoms with E-state index in [2.05, 4.69) is 46.0 Å². The van der Waals surface area contributed by atoms with Crippen molar-refractivity contribution < 1.29 is 4.79 Å². The van der Waals surface area contributed by atoms with Crippen LogP contribution in [-0.4, -0.2) is 21.7 Å². The number of rotatable bonds is 7. The minimum Gasteiger partial charge on any atom is -0.348 e. The van der Waals surface area contributed by atoms with Crippen LogP contribution < -0.4 is 5.32 Å². The quantitative estimate of drug-likeness (QED) is 0.299. The molecule has 0 saturated heterocycles. The molecule has 39 heavy (non-hydrogen) atoms. The van der Waals surface area contributed by atoms with Gasteiger partial charge in [-0.1, -0.05) is 74.6 Å². The van der Waals surface area contributed by atoms with E-state index in [9.17, 15) is 4.79 Å². The Balaban J connectivity index is 1.72. The van der Waals surface area contributed by atoms with Gasteiger partial charge in [-0.2, -0.15) is 5.10 Å². The first-order chi connectivity index (χ1) is 18.2. The van der Waals surface area contributed by atoms with Crippen molar-refractivity contribution in [1.82, 2.24) is 15.1 Å². The number of carbonyl (C=O) groups is 1. The molecular formula is C32H38Cl3N3O. The van der Waals surface area contributed by atoms with E-state index in [1.165, 1.54) is 19.3 Å². The van der Waals surface area contributed by atoms with Crippen molar-refractivity contribution in [2.45, 2.75) is 73.8 Å². The maximum atomic E-state index is 13.7.